The maximum atomic E-state index is 5.57. The summed E-state index contributed by atoms with van der Waals surface area (Å²) in [7, 11) is 4.69. The molecule has 0 amide bonds. The molecule has 0 saturated heterocycles. The van der Waals surface area contributed by atoms with E-state index < -0.39 is 0 Å². The monoisotopic (exact) mass is 399 g/mol. The van der Waals surface area contributed by atoms with Crippen molar-refractivity contribution in [1.29, 1.82) is 0 Å². The van der Waals surface area contributed by atoms with E-state index in [1.54, 1.807) is 0 Å². The Morgan fingerprint density at radius 1 is 1.05 bits per heavy atom. The van der Waals surface area contributed by atoms with E-state index in [0.717, 1.165) is 10.9 Å². The third-order valence-electron chi connectivity index (χ3n) is 3.91. The lowest BCUT2D eigenvalue weighted by atomic mass is 10.0. The van der Waals surface area contributed by atoms with E-state index in [2.05, 4.69) is 56.5 Å². The van der Waals surface area contributed by atoms with Crippen LogP contribution in [0.15, 0.2) is 0 Å². The number of quaternary nitrogens is 1. The van der Waals surface area contributed by atoms with Crippen LogP contribution in [0, 0.1) is 12.3 Å². The fourth-order valence-corrected chi connectivity index (χ4v) is 3.46. The molecule has 0 radical (unpaired) electrons. The average Bonchev–Trinajstić information content (AvgIpc) is 2.29. The topological polar surface area (TPSA) is 0 Å². The van der Waals surface area contributed by atoms with Crippen LogP contribution in [0.3, 0.4) is 0 Å². The summed E-state index contributed by atoms with van der Waals surface area (Å²) in [6.07, 6.45) is 15.6. The summed E-state index contributed by atoms with van der Waals surface area (Å²) in [5, 5.41) is 0. The zero-order valence-electron chi connectivity index (χ0n) is 13.1. The minimum absolute atomic E-state index is 0. The number of alkyl halides is 1. The molecule has 114 valence electrons. The van der Waals surface area contributed by atoms with Gasteiger partial charge in [0.25, 0.3) is 0 Å². The van der Waals surface area contributed by atoms with Gasteiger partial charge in [-0.05, 0) is 41.9 Å². The standard InChI is InChI=1S/C16H31IN.ClH/c1-6-9-10-11-12-15-18(4,5)16(17,13-7-2)14-8-3;/h2H,6,8-15H2,1,3-5H3;1H/q+1;/p-1. The zero-order valence-corrected chi connectivity index (χ0v) is 16.1. The Morgan fingerprint density at radius 2 is 1.63 bits per heavy atom. The van der Waals surface area contributed by atoms with E-state index >= 15 is 0 Å². The maximum absolute atomic E-state index is 5.57. The number of unbranched alkanes of at least 4 members (excludes halogenated alkanes) is 4. The molecule has 0 aliphatic carbocycles. The summed E-state index contributed by atoms with van der Waals surface area (Å²) in [6.45, 7) is 5.77. The number of nitrogens with zero attached hydrogens (tertiary/aromatic N) is 1. The smallest absolute Gasteiger partial charge is 0.160 e. The minimum atomic E-state index is 0. The fraction of sp³-hybridized carbons (Fsp3) is 0.875. The first kappa shape index (κ1) is 21.8. The molecule has 0 aromatic heterocycles. The quantitative estimate of drug-likeness (QED) is 0.132. The Balaban J connectivity index is 0. The first-order chi connectivity index (χ1) is 8.43. The first-order valence-electron chi connectivity index (χ1n) is 7.39. The van der Waals surface area contributed by atoms with Gasteiger partial charge < -0.3 is 16.9 Å². The predicted molar refractivity (Wildman–Crippen MR) is 90.8 cm³/mol. The molecule has 19 heavy (non-hydrogen) atoms. The van der Waals surface area contributed by atoms with Crippen molar-refractivity contribution in [3.63, 3.8) is 0 Å². The molecule has 0 N–H and O–H groups in total. The van der Waals surface area contributed by atoms with Gasteiger partial charge in [-0.3, -0.25) is 0 Å². The van der Waals surface area contributed by atoms with Crippen LogP contribution in [0.1, 0.15) is 65.2 Å². The molecular weight excluding hydrogens is 369 g/mol. The molecule has 0 heterocycles. The van der Waals surface area contributed by atoms with Gasteiger partial charge in [0.15, 0.2) is 3.55 Å². The van der Waals surface area contributed by atoms with Gasteiger partial charge in [-0.1, -0.05) is 39.0 Å². The Kier molecular flexibility index (Phi) is 12.9. The number of hydrogen-bond donors (Lipinski definition) is 0. The molecule has 0 aliphatic rings. The Hall–Kier alpha value is 0.540. The molecule has 1 unspecified atom stereocenters. The third-order valence-corrected chi connectivity index (χ3v) is 6.14. The van der Waals surface area contributed by atoms with Crippen molar-refractivity contribution in [3.8, 4) is 12.3 Å². The first-order valence-corrected chi connectivity index (χ1v) is 8.47. The molecule has 0 spiro atoms. The normalized spacial score (nSPS) is 14.3. The second-order valence-electron chi connectivity index (χ2n) is 5.87. The molecule has 1 atom stereocenters. The van der Waals surface area contributed by atoms with Crippen LogP contribution in [0.2, 0.25) is 0 Å². The SMILES string of the molecule is C#CCC(I)(CCC)[N+](C)(C)CCCCCCC.[Cl-]. The number of terminal acetylenes is 1. The van der Waals surface area contributed by atoms with E-state index in [1.807, 2.05) is 0 Å². The van der Waals surface area contributed by atoms with Gasteiger partial charge in [0, 0.05) is 6.42 Å². The molecule has 0 aromatic carbocycles. The van der Waals surface area contributed by atoms with Crippen molar-refractivity contribution >= 4 is 22.6 Å². The van der Waals surface area contributed by atoms with E-state index in [4.69, 9.17) is 6.42 Å². The van der Waals surface area contributed by atoms with Gasteiger partial charge in [0.1, 0.15) is 0 Å². The Morgan fingerprint density at radius 3 is 2.11 bits per heavy atom. The van der Waals surface area contributed by atoms with Gasteiger partial charge in [-0.25, -0.2) is 0 Å². The largest absolute Gasteiger partial charge is 1.00 e. The number of halogens is 2. The van der Waals surface area contributed by atoms with Crippen molar-refractivity contribution in [2.24, 2.45) is 0 Å². The van der Waals surface area contributed by atoms with Crippen molar-refractivity contribution in [3.05, 3.63) is 0 Å². The molecular formula is C16H31ClIN. The van der Waals surface area contributed by atoms with Crippen molar-refractivity contribution in [2.75, 3.05) is 20.6 Å². The second kappa shape index (κ2) is 11.2. The van der Waals surface area contributed by atoms with E-state index in [1.165, 1.54) is 51.5 Å². The van der Waals surface area contributed by atoms with E-state index in [-0.39, 0.29) is 16.0 Å². The van der Waals surface area contributed by atoms with Crippen molar-refractivity contribution < 1.29 is 16.9 Å². The van der Waals surface area contributed by atoms with Crippen LogP contribution in [0.25, 0.3) is 0 Å². The molecule has 0 aromatic rings. The summed E-state index contributed by atoms with van der Waals surface area (Å²) in [5.74, 6) is 2.89. The highest BCUT2D eigenvalue weighted by molar-refractivity contribution is 14.1. The highest BCUT2D eigenvalue weighted by atomic mass is 127. The molecule has 1 nitrogen and oxygen atoms in total. The van der Waals surface area contributed by atoms with E-state index in [0.29, 0.717) is 0 Å². The minimum Gasteiger partial charge on any atom is -1.00 e. The van der Waals surface area contributed by atoms with Crippen LogP contribution in [0.4, 0.5) is 0 Å². The number of hydrogen-bond acceptors (Lipinski definition) is 0. The summed E-state index contributed by atoms with van der Waals surface area (Å²) in [4.78, 5) is 0. The van der Waals surface area contributed by atoms with Crippen LogP contribution in [-0.2, 0) is 0 Å². The zero-order chi connectivity index (χ0) is 14.1. The van der Waals surface area contributed by atoms with Gasteiger partial charge >= 0.3 is 0 Å². The Labute approximate surface area is 141 Å². The molecule has 3 heteroatoms. The maximum Gasteiger partial charge on any atom is 0.160 e. The van der Waals surface area contributed by atoms with Gasteiger partial charge in [0.05, 0.1) is 27.1 Å². The van der Waals surface area contributed by atoms with Crippen molar-refractivity contribution in [1.82, 2.24) is 0 Å². The van der Waals surface area contributed by atoms with Crippen LogP contribution in [0.5, 0.6) is 0 Å². The van der Waals surface area contributed by atoms with Gasteiger partial charge in [0.2, 0.25) is 0 Å². The fourth-order valence-electron chi connectivity index (χ4n) is 2.46. The summed E-state index contributed by atoms with van der Waals surface area (Å²) < 4.78 is 1.27. The summed E-state index contributed by atoms with van der Waals surface area (Å²) >= 11 is 2.62. The average molecular weight is 400 g/mol. The highest BCUT2D eigenvalue weighted by Crippen LogP contribution is 2.37. The lowest BCUT2D eigenvalue weighted by Crippen LogP contribution is -3.00. The van der Waals surface area contributed by atoms with Crippen LogP contribution in [-0.4, -0.2) is 28.7 Å². The molecule has 0 bridgehead atoms. The molecule has 0 fully saturated rings. The van der Waals surface area contributed by atoms with Crippen LogP contribution >= 0.6 is 22.6 Å². The molecule has 0 aliphatic heterocycles. The van der Waals surface area contributed by atoms with Gasteiger partial charge in [-0.15, -0.1) is 6.42 Å². The van der Waals surface area contributed by atoms with Crippen LogP contribution < -0.4 is 12.4 Å². The summed E-state index contributed by atoms with van der Waals surface area (Å²) in [6, 6.07) is 0. The predicted octanol–water partition coefficient (Wildman–Crippen LogP) is 1.99. The number of rotatable bonds is 10. The summed E-state index contributed by atoms with van der Waals surface area (Å²) in [5.41, 5.74) is 0. The second-order valence-corrected chi connectivity index (χ2v) is 7.88. The van der Waals surface area contributed by atoms with Crippen molar-refractivity contribution in [2.45, 2.75) is 68.8 Å². The lowest BCUT2D eigenvalue weighted by Gasteiger charge is -2.44. The Bertz CT molecular complexity index is 260. The lowest BCUT2D eigenvalue weighted by molar-refractivity contribution is -0.920. The van der Waals surface area contributed by atoms with E-state index in [9.17, 15) is 0 Å². The molecule has 0 rings (SSSR count). The van der Waals surface area contributed by atoms with Gasteiger partial charge in [-0.2, -0.15) is 0 Å². The molecule has 0 saturated carbocycles. The highest BCUT2D eigenvalue weighted by Gasteiger charge is 2.41. The third kappa shape index (κ3) is 7.78.